The lowest BCUT2D eigenvalue weighted by Gasteiger charge is -2.12. The SMILES string of the molecule is CCOc1ccccc1-c1nc(CC(=O)NCCCc2ccc(N(C)C)cc2)cs1. The third-order valence-corrected chi connectivity index (χ3v) is 5.65. The summed E-state index contributed by atoms with van der Waals surface area (Å²) >= 11 is 1.54. The highest BCUT2D eigenvalue weighted by Crippen LogP contribution is 2.32. The number of nitrogens with zero attached hydrogens (tertiary/aromatic N) is 2. The fraction of sp³-hybridized carbons (Fsp3) is 0.333. The van der Waals surface area contributed by atoms with Gasteiger partial charge in [-0.15, -0.1) is 11.3 Å². The molecule has 158 valence electrons. The Bertz CT molecular complexity index is 951. The fourth-order valence-electron chi connectivity index (χ4n) is 3.14. The second-order valence-corrected chi connectivity index (χ2v) is 8.12. The van der Waals surface area contributed by atoms with Gasteiger partial charge < -0.3 is 15.0 Å². The summed E-state index contributed by atoms with van der Waals surface area (Å²) in [4.78, 5) is 19.0. The van der Waals surface area contributed by atoms with Gasteiger partial charge in [-0.1, -0.05) is 24.3 Å². The van der Waals surface area contributed by atoms with Gasteiger partial charge in [-0.3, -0.25) is 4.79 Å². The molecular weight excluding hydrogens is 394 g/mol. The summed E-state index contributed by atoms with van der Waals surface area (Å²) in [5.41, 5.74) is 4.24. The Kier molecular flexibility index (Phi) is 7.85. The molecule has 1 heterocycles. The number of ether oxygens (including phenoxy) is 1. The molecule has 30 heavy (non-hydrogen) atoms. The minimum Gasteiger partial charge on any atom is -0.493 e. The van der Waals surface area contributed by atoms with Crippen molar-refractivity contribution in [2.45, 2.75) is 26.2 Å². The topological polar surface area (TPSA) is 54.5 Å². The minimum atomic E-state index is 0.00731. The van der Waals surface area contributed by atoms with E-state index in [-0.39, 0.29) is 5.91 Å². The van der Waals surface area contributed by atoms with Gasteiger partial charge in [-0.25, -0.2) is 4.98 Å². The molecule has 0 spiro atoms. The van der Waals surface area contributed by atoms with Crippen LogP contribution in [0.3, 0.4) is 0 Å². The molecule has 1 aromatic heterocycles. The van der Waals surface area contributed by atoms with Crippen molar-refractivity contribution >= 4 is 22.9 Å². The first kappa shape index (κ1) is 21.8. The Morgan fingerprint density at radius 2 is 1.90 bits per heavy atom. The fourth-order valence-corrected chi connectivity index (χ4v) is 3.99. The van der Waals surface area contributed by atoms with Crippen LogP contribution in [0.15, 0.2) is 53.9 Å². The molecule has 0 radical (unpaired) electrons. The lowest BCUT2D eigenvalue weighted by molar-refractivity contribution is -0.120. The van der Waals surface area contributed by atoms with Gasteiger partial charge in [-0.2, -0.15) is 0 Å². The van der Waals surface area contributed by atoms with Crippen LogP contribution in [0.1, 0.15) is 24.6 Å². The van der Waals surface area contributed by atoms with E-state index in [0.29, 0.717) is 19.6 Å². The lowest BCUT2D eigenvalue weighted by atomic mass is 10.1. The van der Waals surface area contributed by atoms with E-state index in [4.69, 9.17) is 4.74 Å². The monoisotopic (exact) mass is 423 g/mol. The van der Waals surface area contributed by atoms with Crippen LogP contribution in [0.5, 0.6) is 5.75 Å². The predicted molar refractivity (Wildman–Crippen MR) is 125 cm³/mol. The van der Waals surface area contributed by atoms with Crippen molar-refractivity contribution in [2.75, 3.05) is 32.1 Å². The van der Waals surface area contributed by atoms with Gasteiger partial charge in [0, 0.05) is 31.7 Å². The smallest absolute Gasteiger partial charge is 0.226 e. The number of anilines is 1. The number of carbonyl (C=O) groups excluding carboxylic acids is 1. The zero-order valence-electron chi connectivity index (χ0n) is 17.9. The summed E-state index contributed by atoms with van der Waals surface area (Å²) in [7, 11) is 4.07. The van der Waals surface area contributed by atoms with Crippen molar-refractivity contribution in [1.29, 1.82) is 0 Å². The van der Waals surface area contributed by atoms with Gasteiger partial charge in [-0.05, 0) is 49.6 Å². The molecular formula is C24H29N3O2S. The minimum absolute atomic E-state index is 0.00731. The van der Waals surface area contributed by atoms with Crippen molar-refractivity contribution in [2.24, 2.45) is 0 Å². The number of aromatic nitrogens is 1. The molecule has 3 aromatic rings. The quantitative estimate of drug-likeness (QED) is 0.486. The van der Waals surface area contributed by atoms with Crippen LogP contribution in [0.2, 0.25) is 0 Å². The van der Waals surface area contributed by atoms with E-state index in [1.807, 2.05) is 50.7 Å². The van der Waals surface area contributed by atoms with Gasteiger partial charge in [0.1, 0.15) is 10.8 Å². The molecule has 0 unspecified atom stereocenters. The van der Waals surface area contributed by atoms with Crippen molar-refractivity contribution in [3.05, 3.63) is 65.2 Å². The number of hydrogen-bond donors (Lipinski definition) is 1. The van der Waals surface area contributed by atoms with Gasteiger partial charge in [0.05, 0.1) is 24.3 Å². The van der Waals surface area contributed by atoms with Crippen LogP contribution in [-0.4, -0.2) is 38.1 Å². The van der Waals surface area contributed by atoms with Gasteiger partial charge in [0.15, 0.2) is 0 Å². The summed E-state index contributed by atoms with van der Waals surface area (Å²) in [5.74, 6) is 0.830. The third kappa shape index (κ3) is 6.07. The maximum atomic E-state index is 12.3. The van der Waals surface area contributed by atoms with E-state index in [9.17, 15) is 4.79 Å². The molecule has 6 heteroatoms. The summed E-state index contributed by atoms with van der Waals surface area (Å²) in [5, 5.41) is 5.83. The molecule has 0 aliphatic carbocycles. The van der Waals surface area contributed by atoms with E-state index >= 15 is 0 Å². The molecule has 0 aliphatic rings. The zero-order chi connectivity index (χ0) is 21.3. The summed E-state index contributed by atoms with van der Waals surface area (Å²) in [6.07, 6.45) is 2.16. The molecule has 3 rings (SSSR count). The second kappa shape index (κ2) is 10.8. The zero-order valence-corrected chi connectivity index (χ0v) is 18.7. The average Bonchev–Trinajstić information content (AvgIpc) is 3.20. The Hall–Kier alpha value is -2.86. The molecule has 0 saturated carbocycles. The van der Waals surface area contributed by atoms with Crippen molar-refractivity contribution in [3.63, 3.8) is 0 Å². The molecule has 2 aromatic carbocycles. The number of aryl methyl sites for hydroxylation is 1. The van der Waals surface area contributed by atoms with Gasteiger partial charge >= 0.3 is 0 Å². The van der Waals surface area contributed by atoms with Crippen molar-refractivity contribution < 1.29 is 9.53 Å². The van der Waals surface area contributed by atoms with E-state index < -0.39 is 0 Å². The molecule has 5 nitrogen and oxygen atoms in total. The Balaban J connectivity index is 1.46. The molecule has 0 fully saturated rings. The number of nitrogens with one attached hydrogen (secondary N) is 1. The predicted octanol–water partition coefficient (Wildman–Crippen LogP) is 4.57. The average molecular weight is 424 g/mol. The summed E-state index contributed by atoms with van der Waals surface area (Å²) in [6.45, 7) is 3.24. The third-order valence-electron chi connectivity index (χ3n) is 4.73. The van der Waals surface area contributed by atoms with Crippen LogP contribution in [0.25, 0.3) is 10.6 Å². The maximum Gasteiger partial charge on any atom is 0.226 e. The van der Waals surface area contributed by atoms with Crippen molar-refractivity contribution in [3.8, 4) is 16.3 Å². The first-order valence-electron chi connectivity index (χ1n) is 10.3. The molecule has 0 aliphatic heterocycles. The summed E-state index contributed by atoms with van der Waals surface area (Å²) in [6, 6.07) is 16.4. The lowest BCUT2D eigenvalue weighted by Crippen LogP contribution is -2.26. The highest BCUT2D eigenvalue weighted by molar-refractivity contribution is 7.13. The van der Waals surface area contributed by atoms with Crippen LogP contribution in [0, 0.1) is 0 Å². The standard InChI is InChI=1S/C24H29N3O2S/c1-4-29-22-10-6-5-9-21(22)24-26-19(17-30-24)16-23(28)25-15-7-8-18-11-13-20(14-12-18)27(2)3/h5-6,9-14,17H,4,7-8,15-16H2,1-3H3,(H,25,28). The Labute approximate surface area is 182 Å². The van der Waals surface area contributed by atoms with E-state index in [1.54, 1.807) is 0 Å². The number of amides is 1. The first-order chi connectivity index (χ1) is 14.6. The molecule has 0 saturated heterocycles. The number of hydrogen-bond acceptors (Lipinski definition) is 5. The largest absolute Gasteiger partial charge is 0.493 e. The number of thiazole rings is 1. The molecule has 0 atom stereocenters. The number of benzene rings is 2. The normalized spacial score (nSPS) is 10.6. The Morgan fingerprint density at radius 3 is 2.63 bits per heavy atom. The van der Waals surface area contributed by atoms with E-state index in [2.05, 4.69) is 39.5 Å². The molecule has 1 N–H and O–H groups in total. The summed E-state index contributed by atoms with van der Waals surface area (Å²) < 4.78 is 5.69. The van der Waals surface area contributed by atoms with Crippen LogP contribution in [0.4, 0.5) is 5.69 Å². The van der Waals surface area contributed by atoms with Gasteiger partial charge in [0.2, 0.25) is 5.91 Å². The highest BCUT2D eigenvalue weighted by atomic mass is 32.1. The van der Waals surface area contributed by atoms with E-state index in [0.717, 1.165) is 34.9 Å². The van der Waals surface area contributed by atoms with Crippen LogP contribution in [-0.2, 0) is 17.6 Å². The highest BCUT2D eigenvalue weighted by Gasteiger charge is 2.12. The molecule has 1 amide bonds. The van der Waals surface area contributed by atoms with Gasteiger partial charge in [0.25, 0.3) is 0 Å². The second-order valence-electron chi connectivity index (χ2n) is 7.26. The molecule has 0 bridgehead atoms. The van der Waals surface area contributed by atoms with E-state index in [1.165, 1.54) is 22.6 Å². The Morgan fingerprint density at radius 1 is 1.13 bits per heavy atom. The number of carbonyl (C=O) groups is 1. The number of rotatable bonds is 10. The van der Waals surface area contributed by atoms with Crippen LogP contribution >= 0.6 is 11.3 Å². The van der Waals surface area contributed by atoms with Crippen LogP contribution < -0.4 is 15.0 Å². The first-order valence-corrected chi connectivity index (χ1v) is 11.1. The number of para-hydroxylation sites is 1. The van der Waals surface area contributed by atoms with Crippen molar-refractivity contribution in [1.82, 2.24) is 10.3 Å². The maximum absolute atomic E-state index is 12.3.